The third-order valence-electron chi connectivity index (χ3n) is 12.3. The van der Waals surface area contributed by atoms with E-state index in [1.807, 2.05) is 18.2 Å². The molecule has 1 heterocycles. The molecule has 0 aromatic heterocycles. The van der Waals surface area contributed by atoms with Gasteiger partial charge in [0.05, 0.1) is 25.4 Å². The molecule has 0 spiro atoms. The maximum atomic E-state index is 13.3. The lowest BCUT2D eigenvalue weighted by Gasteiger charge is -2.41. The van der Waals surface area contributed by atoms with Crippen LogP contribution in [0.1, 0.15) is 226 Å². The van der Waals surface area contributed by atoms with Crippen molar-refractivity contribution in [1.29, 1.82) is 0 Å². The van der Waals surface area contributed by atoms with Crippen LogP contribution in [0.5, 0.6) is 0 Å². The van der Waals surface area contributed by atoms with E-state index in [0.29, 0.717) is 12.8 Å². The summed E-state index contributed by atoms with van der Waals surface area (Å²) in [5.74, 6) is -1.27. The van der Waals surface area contributed by atoms with Gasteiger partial charge in [0.15, 0.2) is 12.4 Å². The molecule has 0 aliphatic carbocycles. The second-order valence-corrected chi connectivity index (χ2v) is 18.3. The minimum absolute atomic E-state index is 0.0195. The number of ether oxygens (including phenoxy) is 3. The standard InChI is InChI=1S/C53H97NO10/c1-4-7-10-13-16-19-22-24-26-29-32-35-38-41-48(58)64-51-50(60)49(59)47(42-55)63-53(51)62-43-44(45(56)39-36-33-30-28-25-23-20-17-14-11-8-5-2)54-52(61)46(57)40-37-34-31-27-21-18-15-12-9-6-3/h24,26,32,35-36,39,44-47,49-51,53,55-57,59-60H,4-23,25,27-31,33-34,37-38,40-43H2,1-3H3,(H,54,61)/b26-24-,35-32+,39-36+. The fourth-order valence-corrected chi connectivity index (χ4v) is 8.06. The first kappa shape index (κ1) is 59.9. The number of rotatable bonds is 43. The molecule has 11 nitrogen and oxygen atoms in total. The second-order valence-electron chi connectivity index (χ2n) is 18.3. The van der Waals surface area contributed by atoms with Crippen molar-refractivity contribution >= 4 is 11.9 Å². The zero-order chi connectivity index (χ0) is 46.9. The maximum absolute atomic E-state index is 13.3. The average Bonchev–Trinajstić information content (AvgIpc) is 3.29. The maximum Gasteiger partial charge on any atom is 0.306 e. The summed E-state index contributed by atoms with van der Waals surface area (Å²) in [5, 5.41) is 56.5. The first-order valence-corrected chi connectivity index (χ1v) is 26.3. The minimum atomic E-state index is -1.63. The Morgan fingerprint density at radius 2 is 1.08 bits per heavy atom. The molecule has 0 saturated carbocycles. The molecule has 1 aliphatic heterocycles. The first-order chi connectivity index (χ1) is 31.2. The van der Waals surface area contributed by atoms with E-state index >= 15 is 0 Å². The molecule has 0 bridgehead atoms. The van der Waals surface area contributed by atoms with Crippen molar-refractivity contribution in [2.24, 2.45) is 0 Å². The van der Waals surface area contributed by atoms with Gasteiger partial charge in [-0.05, 0) is 44.9 Å². The van der Waals surface area contributed by atoms with Gasteiger partial charge in [0.25, 0.3) is 0 Å². The van der Waals surface area contributed by atoms with Crippen LogP contribution in [0.3, 0.4) is 0 Å². The lowest BCUT2D eigenvalue weighted by molar-refractivity contribution is -0.305. The molecule has 11 heteroatoms. The number of carbonyl (C=O) groups is 2. The van der Waals surface area contributed by atoms with E-state index in [0.717, 1.165) is 51.4 Å². The number of allylic oxidation sites excluding steroid dienone is 5. The van der Waals surface area contributed by atoms with Gasteiger partial charge in [-0.1, -0.05) is 211 Å². The van der Waals surface area contributed by atoms with Crippen molar-refractivity contribution in [2.45, 2.75) is 275 Å². The summed E-state index contributed by atoms with van der Waals surface area (Å²) in [7, 11) is 0. The second kappa shape index (κ2) is 42.2. The van der Waals surface area contributed by atoms with Gasteiger partial charge in [-0.3, -0.25) is 9.59 Å². The predicted octanol–water partition coefficient (Wildman–Crippen LogP) is 10.8. The van der Waals surface area contributed by atoms with E-state index in [1.165, 1.54) is 128 Å². The zero-order valence-corrected chi connectivity index (χ0v) is 40.9. The molecule has 1 rings (SSSR count). The average molecular weight is 908 g/mol. The lowest BCUT2D eigenvalue weighted by atomic mass is 9.99. The number of hydrogen-bond acceptors (Lipinski definition) is 10. The largest absolute Gasteiger partial charge is 0.454 e. The number of esters is 1. The fraction of sp³-hybridized carbons (Fsp3) is 0.849. The number of nitrogens with one attached hydrogen (secondary N) is 1. The highest BCUT2D eigenvalue weighted by Crippen LogP contribution is 2.26. The van der Waals surface area contributed by atoms with Crippen LogP contribution < -0.4 is 5.32 Å². The predicted molar refractivity (Wildman–Crippen MR) is 260 cm³/mol. The van der Waals surface area contributed by atoms with Gasteiger partial charge in [0.2, 0.25) is 5.91 Å². The van der Waals surface area contributed by atoms with Crippen LogP contribution in [0.4, 0.5) is 0 Å². The first-order valence-electron chi connectivity index (χ1n) is 26.3. The molecule has 64 heavy (non-hydrogen) atoms. The van der Waals surface area contributed by atoms with Crippen molar-refractivity contribution in [3.8, 4) is 0 Å². The molecule has 1 fully saturated rings. The van der Waals surface area contributed by atoms with E-state index < -0.39 is 67.4 Å². The summed E-state index contributed by atoms with van der Waals surface area (Å²) < 4.78 is 17.4. The molecule has 8 atom stereocenters. The summed E-state index contributed by atoms with van der Waals surface area (Å²) in [4.78, 5) is 26.2. The third kappa shape index (κ3) is 31.0. The van der Waals surface area contributed by atoms with Gasteiger partial charge >= 0.3 is 5.97 Å². The lowest BCUT2D eigenvalue weighted by Crippen LogP contribution is -2.61. The summed E-state index contributed by atoms with van der Waals surface area (Å²) >= 11 is 0. The number of carbonyl (C=O) groups excluding carboxylic acids is 2. The Bertz CT molecular complexity index is 1180. The molecule has 0 aromatic carbocycles. The molecular weight excluding hydrogens is 811 g/mol. The van der Waals surface area contributed by atoms with E-state index in [4.69, 9.17) is 14.2 Å². The van der Waals surface area contributed by atoms with Crippen molar-refractivity contribution in [3.63, 3.8) is 0 Å². The Morgan fingerprint density at radius 1 is 0.609 bits per heavy atom. The Balaban J connectivity index is 2.82. The van der Waals surface area contributed by atoms with E-state index in [1.54, 1.807) is 6.08 Å². The number of aliphatic hydroxyl groups is 5. The van der Waals surface area contributed by atoms with Gasteiger partial charge in [-0.2, -0.15) is 0 Å². The van der Waals surface area contributed by atoms with Crippen LogP contribution >= 0.6 is 0 Å². The normalized spacial score (nSPS) is 20.7. The number of aliphatic hydroxyl groups excluding tert-OH is 5. The van der Waals surface area contributed by atoms with Gasteiger partial charge in [0, 0.05) is 6.42 Å². The highest BCUT2D eigenvalue weighted by Gasteiger charge is 2.47. The molecular formula is C53H97NO10. The molecule has 1 amide bonds. The fourth-order valence-electron chi connectivity index (χ4n) is 8.06. The zero-order valence-electron chi connectivity index (χ0n) is 40.9. The van der Waals surface area contributed by atoms with Crippen LogP contribution in [0.2, 0.25) is 0 Å². The molecule has 1 aliphatic rings. The van der Waals surface area contributed by atoms with Crippen LogP contribution in [-0.4, -0.2) is 99.6 Å². The molecule has 0 radical (unpaired) electrons. The van der Waals surface area contributed by atoms with Crippen molar-refractivity contribution in [2.75, 3.05) is 13.2 Å². The number of amides is 1. The highest BCUT2D eigenvalue weighted by molar-refractivity contribution is 5.80. The van der Waals surface area contributed by atoms with Gasteiger partial charge < -0.3 is 45.1 Å². The third-order valence-corrected chi connectivity index (χ3v) is 12.3. The van der Waals surface area contributed by atoms with Crippen molar-refractivity contribution < 1.29 is 49.3 Å². The van der Waals surface area contributed by atoms with Crippen LogP contribution in [0.15, 0.2) is 36.5 Å². The van der Waals surface area contributed by atoms with Gasteiger partial charge in [-0.15, -0.1) is 0 Å². The van der Waals surface area contributed by atoms with Gasteiger partial charge in [-0.25, -0.2) is 0 Å². The Hall–Kier alpha value is -2.12. The molecule has 6 N–H and O–H groups in total. The number of unbranched alkanes of at least 4 members (excludes halogenated alkanes) is 25. The summed E-state index contributed by atoms with van der Waals surface area (Å²) in [6.07, 6.45) is 36.4. The SMILES string of the molecule is CCCCCCCC/C=C\C/C=C/CCC(=O)OC1C(OCC(NC(=O)C(O)CCCCCCCCCCCC)C(O)/C=C/CCCCCCCCCCCC)OC(CO)C(O)C1O. The Labute approximate surface area is 390 Å². The monoisotopic (exact) mass is 908 g/mol. The van der Waals surface area contributed by atoms with Crippen LogP contribution in [0.25, 0.3) is 0 Å². The number of hydrogen-bond donors (Lipinski definition) is 6. The van der Waals surface area contributed by atoms with Crippen LogP contribution in [0, 0.1) is 0 Å². The molecule has 0 aromatic rings. The molecule has 8 unspecified atom stereocenters. The van der Waals surface area contributed by atoms with E-state index in [-0.39, 0.29) is 19.4 Å². The smallest absolute Gasteiger partial charge is 0.306 e. The topological polar surface area (TPSA) is 175 Å². The summed E-state index contributed by atoms with van der Waals surface area (Å²) in [6.45, 7) is 5.70. The Kier molecular flexibility index (Phi) is 39.5. The minimum Gasteiger partial charge on any atom is -0.454 e. The van der Waals surface area contributed by atoms with E-state index in [2.05, 4.69) is 38.2 Å². The quantitative estimate of drug-likeness (QED) is 0.0196. The van der Waals surface area contributed by atoms with Crippen LogP contribution in [-0.2, 0) is 23.8 Å². The molecule has 1 saturated heterocycles. The highest BCUT2D eigenvalue weighted by atomic mass is 16.7. The molecule has 374 valence electrons. The van der Waals surface area contributed by atoms with Gasteiger partial charge in [0.1, 0.15) is 24.4 Å². The van der Waals surface area contributed by atoms with Crippen molar-refractivity contribution in [1.82, 2.24) is 5.32 Å². The Morgan fingerprint density at radius 3 is 1.59 bits per heavy atom. The summed E-state index contributed by atoms with van der Waals surface area (Å²) in [5.41, 5.74) is 0. The van der Waals surface area contributed by atoms with Crippen molar-refractivity contribution in [3.05, 3.63) is 36.5 Å². The van der Waals surface area contributed by atoms with E-state index in [9.17, 15) is 35.1 Å². The summed E-state index contributed by atoms with van der Waals surface area (Å²) in [6, 6.07) is -1.03.